The minimum absolute atomic E-state index is 0.0182. The Balaban J connectivity index is 1.68. The predicted molar refractivity (Wildman–Crippen MR) is 128 cm³/mol. The van der Waals surface area contributed by atoms with E-state index in [9.17, 15) is 19.2 Å². The number of amides is 4. The highest BCUT2D eigenvalue weighted by molar-refractivity contribution is 6.30. The number of urea groups is 1. The second-order valence-electron chi connectivity index (χ2n) is 7.20. The van der Waals surface area contributed by atoms with Gasteiger partial charge < -0.3 is 21.3 Å². The summed E-state index contributed by atoms with van der Waals surface area (Å²) in [6.07, 6.45) is 2.92. The van der Waals surface area contributed by atoms with Gasteiger partial charge in [0.05, 0.1) is 11.1 Å². The number of rotatable bonds is 8. The molecule has 3 aromatic rings. The van der Waals surface area contributed by atoms with Gasteiger partial charge in [0.1, 0.15) is 5.82 Å². The monoisotopic (exact) mass is 482 g/mol. The fourth-order valence-electron chi connectivity index (χ4n) is 3.03. The average molecular weight is 483 g/mol. The number of nitrogens with zero attached hydrogens (tertiary/aromatic N) is 2. The van der Waals surface area contributed by atoms with E-state index in [0.29, 0.717) is 22.1 Å². The number of aromatic nitrogens is 2. The van der Waals surface area contributed by atoms with E-state index in [0.717, 1.165) is 0 Å². The van der Waals surface area contributed by atoms with Crippen LogP contribution in [-0.4, -0.2) is 47.0 Å². The summed E-state index contributed by atoms with van der Waals surface area (Å²) >= 11 is 5.80. The number of carbonyl (C=O) groups excluding carboxylic acids is 3. The van der Waals surface area contributed by atoms with Crippen LogP contribution in [0.5, 0.6) is 0 Å². The first-order valence-corrected chi connectivity index (χ1v) is 10.7. The van der Waals surface area contributed by atoms with E-state index in [1.54, 1.807) is 54.7 Å². The van der Waals surface area contributed by atoms with Gasteiger partial charge in [0.15, 0.2) is 0 Å². The largest absolute Gasteiger partial charge is 0.347 e. The van der Waals surface area contributed by atoms with Crippen molar-refractivity contribution < 1.29 is 14.4 Å². The van der Waals surface area contributed by atoms with Crippen molar-refractivity contribution in [3.63, 3.8) is 0 Å². The molecule has 0 spiro atoms. The van der Waals surface area contributed by atoms with Crippen LogP contribution in [0.3, 0.4) is 0 Å². The molecule has 3 rings (SSSR count). The summed E-state index contributed by atoms with van der Waals surface area (Å²) in [5.74, 6) is -0.531. The number of carbonyl (C=O) groups is 3. The van der Waals surface area contributed by atoms with E-state index in [1.165, 1.54) is 23.9 Å². The lowest BCUT2D eigenvalue weighted by molar-refractivity contribution is -0.116. The molecular formula is C23H23ClN6O4. The quantitative estimate of drug-likeness (QED) is 0.389. The molecule has 0 aliphatic heterocycles. The number of nitrogens with one attached hydrogen (secondary N) is 4. The zero-order valence-electron chi connectivity index (χ0n) is 18.2. The van der Waals surface area contributed by atoms with Crippen LogP contribution in [0.25, 0.3) is 5.69 Å². The van der Waals surface area contributed by atoms with Crippen LogP contribution in [0.2, 0.25) is 5.02 Å². The summed E-state index contributed by atoms with van der Waals surface area (Å²) in [7, 11) is 1.46. The first kappa shape index (κ1) is 24.5. The van der Waals surface area contributed by atoms with Crippen LogP contribution in [0, 0.1) is 0 Å². The molecule has 0 radical (unpaired) electrons. The smallest absolute Gasteiger partial charge is 0.314 e. The molecule has 0 aliphatic carbocycles. The Hall–Kier alpha value is -4.18. The Morgan fingerprint density at radius 1 is 1.06 bits per heavy atom. The van der Waals surface area contributed by atoms with Gasteiger partial charge in [-0.3, -0.25) is 19.0 Å². The summed E-state index contributed by atoms with van der Waals surface area (Å²) in [6, 6.07) is 13.2. The standard InChI is InChI=1S/C23H23ClN6O4/c1-25-23(34)27-14-17(12-20(31)29-19-10-7-16(24)13-26-19)28-22(33)15-5-8-18(9-6-15)30-11-3-2-4-21(30)32/h2-11,13,17H,12,14H2,1H3,(H,28,33)(H2,25,27,34)(H,26,29,31). The normalized spacial score (nSPS) is 11.2. The highest BCUT2D eigenvalue weighted by Crippen LogP contribution is 2.11. The van der Waals surface area contributed by atoms with Gasteiger partial charge in [-0.05, 0) is 42.5 Å². The SMILES string of the molecule is CNC(=O)NCC(CC(=O)Nc1ccc(Cl)cn1)NC(=O)c1ccc(-n2ccccc2=O)cc1. The summed E-state index contributed by atoms with van der Waals surface area (Å²) in [5, 5.41) is 10.8. The second kappa shape index (κ2) is 11.6. The molecule has 1 atom stereocenters. The maximum absolute atomic E-state index is 12.8. The lowest BCUT2D eigenvalue weighted by Gasteiger charge is -2.19. The second-order valence-corrected chi connectivity index (χ2v) is 7.64. The van der Waals surface area contributed by atoms with E-state index in [2.05, 4.69) is 26.3 Å². The molecule has 0 fully saturated rings. The van der Waals surface area contributed by atoms with Gasteiger partial charge in [0.25, 0.3) is 11.5 Å². The third-order valence-electron chi connectivity index (χ3n) is 4.73. The fraction of sp³-hybridized carbons (Fsp3) is 0.174. The van der Waals surface area contributed by atoms with Crippen LogP contribution in [0.15, 0.2) is 71.8 Å². The van der Waals surface area contributed by atoms with Crippen molar-refractivity contribution >= 4 is 35.3 Å². The molecule has 1 unspecified atom stereocenters. The molecule has 10 nitrogen and oxygen atoms in total. The summed E-state index contributed by atoms with van der Waals surface area (Å²) in [4.78, 5) is 52.9. The number of halogens is 1. The first-order valence-electron chi connectivity index (χ1n) is 10.3. The highest BCUT2D eigenvalue weighted by Gasteiger charge is 2.19. The van der Waals surface area contributed by atoms with Crippen molar-refractivity contribution in [2.75, 3.05) is 18.9 Å². The molecule has 11 heteroatoms. The molecule has 2 aromatic heterocycles. The topological polar surface area (TPSA) is 134 Å². The van der Waals surface area contributed by atoms with Gasteiger partial charge in [0.2, 0.25) is 5.91 Å². The van der Waals surface area contributed by atoms with Crippen LogP contribution in [-0.2, 0) is 4.79 Å². The van der Waals surface area contributed by atoms with Crippen LogP contribution in [0.1, 0.15) is 16.8 Å². The predicted octanol–water partition coefficient (Wildman–Crippen LogP) is 1.94. The lowest BCUT2D eigenvalue weighted by Crippen LogP contribution is -2.47. The molecule has 1 aromatic carbocycles. The molecule has 2 heterocycles. The lowest BCUT2D eigenvalue weighted by atomic mass is 10.1. The Labute approximate surface area is 200 Å². The third kappa shape index (κ3) is 6.91. The number of pyridine rings is 2. The van der Waals surface area contributed by atoms with Gasteiger partial charge in [-0.2, -0.15) is 0 Å². The summed E-state index contributed by atoms with van der Waals surface area (Å²) in [5.41, 5.74) is 0.744. The number of hydrogen-bond acceptors (Lipinski definition) is 5. The van der Waals surface area contributed by atoms with E-state index in [1.807, 2.05) is 0 Å². The molecule has 4 N–H and O–H groups in total. The van der Waals surface area contributed by atoms with E-state index < -0.39 is 23.9 Å². The Morgan fingerprint density at radius 2 is 1.82 bits per heavy atom. The summed E-state index contributed by atoms with van der Waals surface area (Å²) in [6.45, 7) is 0.0182. The average Bonchev–Trinajstić information content (AvgIpc) is 2.84. The molecule has 34 heavy (non-hydrogen) atoms. The molecule has 4 amide bonds. The van der Waals surface area contributed by atoms with Crippen molar-refractivity contribution in [3.8, 4) is 5.69 Å². The molecule has 176 valence electrons. The van der Waals surface area contributed by atoms with Gasteiger partial charge in [-0.25, -0.2) is 9.78 Å². The van der Waals surface area contributed by atoms with Crippen LogP contribution >= 0.6 is 11.6 Å². The Bertz CT molecular complexity index is 1210. The van der Waals surface area contributed by atoms with E-state index in [4.69, 9.17) is 11.6 Å². The van der Waals surface area contributed by atoms with Crippen LogP contribution in [0.4, 0.5) is 10.6 Å². The van der Waals surface area contributed by atoms with Crippen molar-refractivity contribution in [1.82, 2.24) is 25.5 Å². The Morgan fingerprint density at radius 3 is 2.47 bits per heavy atom. The van der Waals surface area contributed by atoms with Crippen molar-refractivity contribution in [1.29, 1.82) is 0 Å². The molecule has 0 bridgehead atoms. The van der Waals surface area contributed by atoms with E-state index >= 15 is 0 Å². The maximum Gasteiger partial charge on any atom is 0.314 e. The van der Waals surface area contributed by atoms with Gasteiger partial charge in [-0.1, -0.05) is 17.7 Å². The zero-order valence-corrected chi connectivity index (χ0v) is 19.0. The number of benzene rings is 1. The maximum atomic E-state index is 12.8. The molecule has 0 aliphatic rings. The highest BCUT2D eigenvalue weighted by atomic mass is 35.5. The van der Waals surface area contributed by atoms with Crippen LogP contribution < -0.4 is 26.8 Å². The molecule has 0 saturated carbocycles. The zero-order chi connectivity index (χ0) is 24.5. The Kier molecular flexibility index (Phi) is 8.36. The number of anilines is 1. The minimum Gasteiger partial charge on any atom is -0.347 e. The third-order valence-corrected chi connectivity index (χ3v) is 4.95. The molecule has 0 saturated heterocycles. The van der Waals surface area contributed by atoms with Crippen molar-refractivity contribution in [3.05, 3.63) is 87.9 Å². The van der Waals surface area contributed by atoms with Crippen molar-refractivity contribution in [2.24, 2.45) is 0 Å². The number of hydrogen-bond donors (Lipinski definition) is 4. The van der Waals surface area contributed by atoms with Gasteiger partial charge >= 0.3 is 6.03 Å². The van der Waals surface area contributed by atoms with Gasteiger partial charge in [0, 0.05) is 49.7 Å². The first-order chi connectivity index (χ1) is 16.4. The fourth-order valence-corrected chi connectivity index (χ4v) is 3.14. The van der Waals surface area contributed by atoms with E-state index in [-0.39, 0.29) is 18.5 Å². The van der Waals surface area contributed by atoms with Crippen molar-refractivity contribution in [2.45, 2.75) is 12.5 Å². The molecular weight excluding hydrogens is 460 g/mol. The van der Waals surface area contributed by atoms with Gasteiger partial charge in [-0.15, -0.1) is 0 Å². The minimum atomic E-state index is -0.700. The summed E-state index contributed by atoms with van der Waals surface area (Å²) < 4.78 is 1.45.